The van der Waals surface area contributed by atoms with Crippen LogP contribution in [0.2, 0.25) is 0 Å². The first kappa shape index (κ1) is 11.9. The van der Waals surface area contributed by atoms with Crippen LogP contribution in [0.4, 0.5) is 0 Å². The lowest BCUT2D eigenvalue weighted by Gasteiger charge is -2.33. The molecule has 3 heteroatoms. The van der Waals surface area contributed by atoms with Crippen LogP contribution in [0.25, 0.3) is 0 Å². The average Bonchev–Trinajstić information content (AvgIpc) is 2.79. The summed E-state index contributed by atoms with van der Waals surface area (Å²) in [5.41, 5.74) is -1.32. The van der Waals surface area contributed by atoms with Gasteiger partial charge in [0.25, 0.3) is 0 Å². The highest BCUT2D eigenvalue weighted by Gasteiger charge is 2.71. The lowest BCUT2D eigenvalue weighted by Crippen LogP contribution is -2.44. The average molecular weight is 226 g/mol. The molecule has 2 aliphatic rings. The fourth-order valence-corrected chi connectivity index (χ4v) is 3.62. The van der Waals surface area contributed by atoms with Gasteiger partial charge in [-0.3, -0.25) is 4.79 Å². The molecule has 0 spiro atoms. The van der Waals surface area contributed by atoms with Crippen LogP contribution in [0, 0.1) is 16.7 Å². The molecule has 0 saturated heterocycles. The quantitative estimate of drug-likeness (QED) is 0.734. The number of ether oxygens (including phenoxy) is 1. The van der Waals surface area contributed by atoms with Gasteiger partial charge in [0.15, 0.2) is 0 Å². The van der Waals surface area contributed by atoms with E-state index in [0.717, 1.165) is 19.3 Å². The van der Waals surface area contributed by atoms with E-state index in [4.69, 9.17) is 4.74 Å². The first-order chi connectivity index (χ1) is 7.27. The highest BCUT2D eigenvalue weighted by molar-refractivity contribution is 5.82. The molecule has 2 rings (SSSR count). The Labute approximate surface area is 97.2 Å². The molecule has 0 aliphatic heterocycles. The van der Waals surface area contributed by atoms with Crippen molar-refractivity contribution < 1.29 is 14.6 Å². The van der Waals surface area contributed by atoms with E-state index in [-0.39, 0.29) is 17.3 Å². The van der Waals surface area contributed by atoms with E-state index in [1.54, 1.807) is 0 Å². The zero-order valence-corrected chi connectivity index (χ0v) is 10.7. The van der Waals surface area contributed by atoms with Gasteiger partial charge >= 0.3 is 5.97 Å². The first-order valence-electron chi connectivity index (χ1n) is 6.08. The normalized spacial score (nSPS) is 45.4. The van der Waals surface area contributed by atoms with Gasteiger partial charge < -0.3 is 9.84 Å². The van der Waals surface area contributed by atoms with Gasteiger partial charge in [0.2, 0.25) is 0 Å². The molecule has 3 atom stereocenters. The molecule has 92 valence electrons. The Morgan fingerprint density at radius 2 is 1.94 bits per heavy atom. The van der Waals surface area contributed by atoms with Crippen molar-refractivity contribution in [2.75, 3.05) is 7.11 Å². The summed E-state index contributed by atoms with van der Waals surface area (Å²) in [6.07, 6.45) is 3.18. The first-order valence-corrected chi connectivity index (χ1v) is 6.08. The standard InChI is InChI=1S/C13H22O3/c1-9-7-13(9,10(14)16-4)12(15)6-5-11(2,3)8-12/h9,15H,5-8H2,1-4H3. The zero-order valence-electron chi connectivity index (χ0n) is 10.7. The summed E-state index contributed by atoms with van der Waals surface area (Å²) in [7, 11) is 1.42. The maximum atomic E-state index is 11.9. The van der Waals surface area contributed by atoms with E-state index in [1.165, 1.54) is 7.11 Å². The molecule has 0 aromatic carbocycles. The summed E-state index contributed by atoms with van der Waals surface area (Å²) >= 11 is 0. The van der Waals surface area contributed by atoms with Crippen molar-refractivity contribution in [3.8, 4) is 0 Å². The van der Waals surface area contributed by atoms with Crippen molar-refractivity contribution in [2.24, 2.45) is 16.7 Å². The number of hydrogen-bond acceptors (Lipinski definition) is 3. The van der Waals surface area contributed by atoms with Crippen molar-refractivity contribution in [1.29, 1.82) is 0 Å². The van der Waals surface area contributed by atoms with E-state index in [1.807, 2.05) is 6.92 Å². The SMILES string of the molecule is COC(=O)C1(C2(O)CCC(C)(C)C2)CC1C. The largest absolute Gasteiger partial charge is 0.468 e. The molecule has 1 N–H and O–H groups in total. The van der Waals surface area contributed by atoms with Crippen molar-refractivity contribution in [1.82, 2.24) is 0 Å². The molecule has 2 aliphatic carbocycles. The zero-order chi connectivity index (χ0) is 12.2. The molecule has 0 radical (unpaired) electrons. The van der Waals surface area contributed by atoms with Crippen LogP contribution in [0.15, 0.2) is 0 Å². The van der Waals surface area contributed by atoms with Crippen LogP contribution in [0.5, 0.6) is 0 Å². The van der Waals surface area contributed by atoms with Crippen molar-refractivity contribution in [3.63, 3.8) is 0 Å². The Hall–Kier alpha value is -0.570. The molecule has 3 unspecified atom stereocenters. The highest BCUT2D eigenvalue weighted by atomic mass is 16.5. The Kier molecular flexibility index (Phi) is 2.40. The van der Waals surface area contributed by atoms with E-state index in [9.17, 15) is 9.90 Å². The highest BCUT2D eigenvalue weighted by Crippen LogP contribution is 2.66. The molecule has 0 heterocycles. The Bertz CT molecular complexity index is 323. The third-order valence-corrected chi connectivity index (χ3v) is 4.68. The molecule has 0 aromatic rings. The van der Waals surface area contributed by atoms with Crippen LogP contribution in [-0.4, -0.2) is 23.8 Å². The molecule has 0 aromatic heterocycles. The predicted octanol–water partition coefficient (Wildman–Crippen LogP) is 2.13. The third kappa shape index (κ3) is 1.41. The minimum atomic E-state index is -0.844. The van der Waals surface area contributed by atoms with E-state index in [2.05, 4.69) is 13.8 Å². The fraction of sp³-hybridized carbons (Fsp3) is 0.923. The van der Waals surface area contributed by atoms with Gasteiger partial charge in [0, 0.05) is 0 Å². The number of carbonyl (C=O) groups is 1. The maximum absolute atomic E-state index is 11.9. The van der Waals surface area contributed by atoms with Crippen LogP contribution < -0.4 is 0 Å². The third-order valence-electron chi connectivity index (χ3n) is 4.68. The lowest BCUT2D eigenvalue weighted by atomic mass is 9.78. The maximum Gasteiger partial charge on any atom is 0.315 e. The van der Waals surface area contributed by atoms with Crippen LogP contribution >= 0.6 is 0 Å². The van der Waals surface area contributed by atoms with E-state index < -0.39 is 11.0 Å². The minimum Gasteiger partial charge on any atom is -0.468 e. The van der Waals surface area contributed by atoms with Crippen LogP contribution in [0.3, 0.4) is 0 Å². The molecular formula is C13H22O3. The number of hydrogen-bond donors (Lipinski definition) is 1. The summed E-state index contributed by atoms with van der Waals surface area (Å²) in [6.45, 7) is 6.34. The molecule has 16 heavy (non-hydrogen) atoms. The summed E-state index contributed by atoms with van der Waals surface area (Å²) < 4.78 is 4.89. The van der Waals surface area contributed by atoms with Gasteiger partial charge in [-0.2, -0.15) is 0 Å². The topological polar surface area (TPSA) is 46.5 Å². The van der Waals surface area contributed by atoms with Gasteiger partial charge in [-0.15, -0.1) is 0 Å². The van der Waals surface area contributed by atoms with Crippen molar-refractivity contribution in [2.45, 2.75) is 52.1 Å². The van der Waals surface area contributed by atoms with Crippen LogP contribution in [-0.2, 0) is 9.53 Å². The molecule has 2 fully saturated rings. The minimum absolute atomic E-state index is 0.137. The van der Waals surface area contributed by atoms with Crippen molar-refractivity contribution >= 4 is 5.97 Å². The Balaban J connectivity index is 2.27. The van der Waals surface area contributed by atoms with Gasteiger partial charge in [-0.05, 0) is 37.0 Å². The summed E-state index contributed by atoms with van der Waals surface area (Å²) in [4.78, 5) is 11.9. The number of rotatable bonds is 2. The van der Waals surface area contributed by atoms with Crippen molar-refractivity contribution in [3.05, 3.63) is 0 Å². The molecule has 0 amide bonds. The van der Waals surface area contributed by atoms with E-state index in [0.29, 0.717) is 6.42 Å². The predicted molar refractivity (Wildman–Crippen MR) is 60.8 cm³/mol. The molecule has 2 saturated carbocycles. The summed E-state index contributed by atoms with van der Waals surface area (Å²) in [6, 6.07) is 0. The van der Waals surface area contributed by atoms with Gasteiger partial charge in [-0.25, -0.2) is 0 Å². The Morgan fingerprint density at radius 1 is 1.38 bits per heavy atom. The number of aliphatic hydroxyl groups is 1. The van der Waals surface area contributed by atoms with Crippen LogP contribution in [0.1, 0.15) is 46.5 Å². The fourth-order valence-electron chi connectivity index (χ4n) is 3.62. The lowest BCUT2D eigenvalue weighted by molar-refractivity contribution is -0.161. The monoisotopic (exact) mass is 226 g/mol. The molecule has 3 nitrogen and oxygen atoms in total. The second-order valence-corrected chi connectivity index (χ2v) is 6.44. The summed E-state index contributed by atoms with van der Waals surface area (Å²) in [5.74, 6) is 0.0269. The second kappa shape index (κ2) is 3.22. The molecular weight excluding hydrogens is 204 g/mol. The summed E-state index contributed by atoms with van der Waals surface area (Å²) in [5, 5.41) is 10.8. The number of methoxy groups -OCH3 is 1. The molecule has 0 bridgehead atoms. The second-order valence-electron chi connectivity index (χ2n) is 6.44. The van der Waals surface area contributed by atoms with Gasteiger partial charge in [0.05, 0.1) is 18.1 Å². The Morgan fingerprint density at radius 3 is 2.25 bits per heavy atom. The van der Waals surface area contributed by atoms with Gasteiger partial charge in [0.1, 0.15) is 0 Å². The van der Waals surface area contributed by atoms with E-state index >= 15 is 0 Å². The number of carbonyl (C=O) groups excluding carboxylic acids is 1. The van der Waals surface area contributed by atoms with Gasteiger partial charge in [-0.1, -0.05) is 20.8 Å². The number of esters is 1. The smallest absolute Gasteiger partial charge is 0.315 e.